The lowest BCUT2D eigenvalue weighted by Gasteiger charge is -1.83. The number of rotatable bonds is 0. The maximum absolute atomic E-state index is 10.2. The first kappa shape index (κ1) is 11.3. The van der Waals surface area contributed by atoms with Crippen LogP contribution >= 0.6 is 0 Å². The minimum absolute atomic E-state index is 0.0880. The first-order chi connectivity index (χ1) is 7.58. The summed E-state index contributed by atoms with van der Waals surface area (Å²) in [4.78, 5) is 38.1. The Morgan fingerprint density at radius 2 is 1.19 bits per heavy atom. The van der Waals surface area contributed by atoms with Gasteiger partial charge in [0.1, 0.15) is 12.7 Å². The molecule has 10 nitrogen and oxygen atoms in total. The molecule has 0 radical (unpaired) electrons. The van der Waals surface area contributed by atoms with E-state index in [0.29, 0.717) is 0 Å². The fourth-order valence-corrected chi connectivity index (χ4v) is 0.635. The van der Waals surface area contributed by atoms with Gasteiger partial charge in [-0.25, -0.2) is 19.6 Å². The van der Waals surface area contributed by atoms with Crippen molar-refractivity contribution in [3.05, 3.63) is 33.6 Å². The summed E-state index contributed by atoms with van der Waals surface area (Å²) >= 11 is 0. The van der Waals surface area contributed by atoms with Gasteiger partial charge in [-0.05, 0) is 0 Å². The Hall–Kier alpha value is -2.78. The second kappa shape index (κ2) is 5.19. The monoisotopic (exact) mass is 224 g/mol. The van der Waals surface area contributed by atoms with E-state index in [0.717, 1.165) is 12.7 Å². The van der Waals surface area contributed by atoms with Crippen LogP contribution in [0, 0.1) is 0 Å². The zero-order valence-electron chi connectivity index (χ0n) is 7.91. The predicted molar refractivity (Wildman–Crippen MR) is 54.1 cm³/mol. The van der Waals surface area contributed by atoms with Crippen LogP contribution in [0.2, 0.25) is 0 Å². The summed E-state index contributed by atoms with van der Waals surface area (Å²) in [5.41, 5.74) is 9.15. The average molecular weight is 224 g/mol. The third-order valence-corrected chi connectivity index (χ3v) is 1.21. The van der Waals surface area contributed by atoms with Crippen molar-refractivity contribution in [2.45, 2.75) is 0 Å². The minimum atomic E-state index is -0.475. The van der Waals surface area contributed by atoms with Crippen molar-refractivity contribution in [1.29, 1.82) is 0 Å². The lowest BCUT2D eigenvalue weighted by Crippen LogP contribution is -2.12. The lowest BCUT2D eigenvalue weighted by molar-refractivity contribution is 0.999. The molecule has 0 atom stereocenters. The van der Waals surface area contributed by atoms with Gasteiger partial charge in [-0.1, -0.05) is 0 Å². The van der Waals surface area contributed by atoms with Crippen LogP contribution in [0.4, 0.5) is 11.9 Å². The zero-order valence-corrected chi connectivity index (χ0v) is 7.91. The number of hydrogen-bond donors (Lipinski definition) is 4. The van der Waals surface area contributed by atoms with E-state index in [-0.39, 0.29) is 11.9 Å². The minimum Gasteiger partial charge on any atom is -0.369 e. The first-order valence-electron chi connectivity index (χ1n) is 3.91. The first-order valence-corrected chi connectivity index (χ1v) is 3.91. The molecule has 0 bridgehead atoms. The summed E-state index contributed by atoms with van der Waals surface area (Å²) in [6, 6.07) is 0. The van der Waals surface area contributed by atoms with E-state index < -0.39 is 11.4 Å². The highest BCUT2D eigenvalue weighted by Crippen LogP contribution is 1.73. The van der Waals surface area contributed by atoms with Crippen molar-refractivity contribution in [1.82, 2.24) is 29.9 Å². The number of nitrogen functional groups attached to an aromatic ring is 2. The average Bonchev–Trinajstić information content (AvgIpc) is 2.17. The van der Waals surface area contributed by atoms with Crippen LogP contribution in [0.1, 0.15) is 0 Å². The molecule has 0 spiro atoms. The molecule has 2 aromatic rings. The van der Waals surface area contributed by atoms with Crippen molar-refractivity contribution in [2.24, 2.45) is 0 Å². The van der Waals surface area contributed by atoms with E-state index in [2.05, 4.69) is 29.9 Å². The molecule has 2 rings (SSSR count). The zero-order chi connectivity index (χ0) is 12.0. The molecular formula is C6H8N8O2. The van der Waals surface area contributed by atoms with Gasteiger partial charge in [-0.2, -0.15) is 9.97 Å². The molecule has 0 aliphatic carbocycles. The topological polar surface area (TPSA) is 169 Å². The number of nitrogens with two attached hydrogens (primary N) is 2. The van der Waals surface area contributed by atoms with Gasteiger partial charge < -0.3 is 11.5 Å². The van der Waals surface area contributed by atoms with Crippen molar-refractivity contribution < 1.29 is 0 Å². The largest absolute Gasteiger partial charge is 0.369 e. The van der Waals surface area contributed by atoms with Crippen LogP contribution in [0.15, 0.2) is 22.2 Å². The summed E-state index contributed by atoms with van der Waals surface area (Å²) in [5, 5.41) is 0. The van der Waals surface area contributed by atoms with Gasteiger partial charge in [0.05, 0.1) is 0 Å². The molecule has 0 amide bonds. The van der Waals surface area contributed by atoms with Crippen LogP contribution in [-0.4, -0.2) is 29.9 Å². The number of nitrogens with one attached hydrogen (secondary N) is 2. The SMILES string of the molecule is Nc1ncnc(=O)[nH]1.Nc1ncnc(=O)[nH]1. The second-order valence-corrected chi connectivity index (χ2v) is 2.38. The standard InChI is InChI=1S/2C3H4N4O/c2*4-2-5-1-6-3(8)7-2/h2*1H,(H3,4,5,6,7,8). The third kappa shape index (κ3) is 3.95. The van der Waals surface area contributed by atoms with Gasteiger partial charge in [0.2, 0.25) is 11.9 Å². The highest BCUT2D eigenvalue weighted by molar-refractivity contribution is 5.09. The van der Waals surface area contributed by atoms with Gasteiger partial charge in [0.25, 0.3) is 0 Å². The number of aromatic amines is 2. The van der Waals surface area contributed by atoms with Gasteiger partial charge in [-0.3, -0.25) is 9.97 Å². The summed E-state index contributed by atoms with van der Waals surface area (Å²) in [6.07, 6.45) is 2.21. The van der Waals surface area contributed by atoms with Crippen molar-refractivity contribution in [2.75, 3.05) is 11.5 Å². The van der Waals surface area contributed by atoms with E-state index in [1.54, 1.807) is 0 Å². The number of anilines is 2. The Labute approximate surface area is 87.8 Å². The summed E-state index contributed by atoms with van der Waals surface area (Å²) in [5.74, 6) is 0.176. The van der Waals surface area contributed by atoms with Crippen LogP contribution in [-0.2, 0) is 0 Å². The van der Waals surface area contributed by atoms with Crippen LogP contribution in [0.3, 0.4) is 0 Å². The van der Waals surface area contributed by atoms with Gasteiger partial charge in [0.15, 0.2) is 0 Å². The maximum Gasteiger partial charge on any atom is 0.349 e. The molecule has 0 aromatic carbocycles. The molecule has 16 heavy (non-hydrogen) atoms. The Morgan fingerprint density at radius 3 is 1.38 bits per heavy atom. The van der Waals surface area contributed by atoms with Gasteiger partial charge in [-0.15, -0.1) is 0 Å². The Balaban J connectivity index is 0.000000160. The fraction of sp³-hybridized carbons (Fsp3) is 0. The summed E-state index contributed by atoms with van der Waals surface area (Å²) in [7, 11) is 0. The molecule has 84 valence electrons. The van der Waals surface area contributed by atoms with E-state index in [4.69, 9.17) is 11.5 Å². The molecule has 0 aliphatic heterocycles. The van der Waals surface area contributed by atoms with E-state index in [1.165, 1.54) is 0 Å². The van der Waals surface area contributed by atoms with Crippen LogP contribution < -0.4 is 22.8 Å². The smallest absolute Gasteiger partial charge is 0.349 e. The van der Waals surface area contributed by atoms with Crippen molar-refractivity contribution in [3.8, 4) is 0 Å². The van der Waals surface area contributed by atoms with Gasteiger partial charge >= 0.3 is 11.4 Å². The highest BCUT2D eigenvalue weighted by atomic mass is 16.1. The summed E-state index contributed by atoms with van der Waals surface area (Å²) < 4.78 is 0. The van der Waals surface area contributed by atoms with Crippen molar-refractivity contribution in [3.63, 3.8) is 0 Å². The number of nitrogens with zero attached hydrogens (tertiary/aromatic N) is 4. The second-order valence-electron chi connectivity index (χ2n) is 2.38. The Bertz CT molecular complexity index is 509. The van der Waals surface area contributed by atoms with Crippen LogP contribution in [0.5, 0.6) is 0 Å². The molecule has 0 saturated carbocycles. The van der Waals surface area contributed by atoms with E-state index >= 15 is 0 Å². The number of H-pyrrole nitrogens is 2. The molecule has 0 saturated heterocycles. The maximum atomic E-state index is 10.2. The fourth-order valence-electron chi connectivity index (χ4n) is 0.635. The van der Waals surface area contributed by atoms with Crippen LogP contribution in [0.25, 0.3) is 0 Å². The lowest BCUT2D eigenvalue weighted by atomic mass is 11.0. The quantitative estimate of drug-likeness (QED) is 0.380. The highest BCUT2D eigenvalue weighted by Gasteiger charge is 1.82. The number of aromatic nitrogens is 6. The molecular weight excluding hydrogens is 216 g/mol. The predicted octanol–water partition coefficient (Wildman–Crippen LogP) is -2.51. The number of hydrogen-bond acceptors (Lipinski definition) is 8. The Kier molecular flexibility index (Phi) is 3.66. The molecule has 0 aliphatic rings. The molecule has 10 heteroatoms. The summed E-state index contributed by atoms with van der Waals surface area (Å²) in [6.45, 7) is 0. The molecule has 0 unspecified atom stereocenters. The van der Waals surface area contributed by atoms with Gasteiger partial charge in [0, 0.05) is 0 Å². The molecule has 2 heterocycles. The third-order valence-electron chi connectivity index (χ3n) is 1.21. The van der Waals surface area contributed by atoms with E-state index in [1.807, 2.05) is 0 Å². The van der Waals surface area contributed by atoms with Crippen molar-refractivity contribution >= 4 is 11.9 Å². The normalized spacial score (nSPS) is 9.00. The molecule has 6 N–H and O–H groups in total. The molecule has 0 fully saturated rings. The Morgan fingerprint density at radius 1 is 0.812 bits per heavy atom. The van der Waals surface area contributed by atoms with E-state index in [9.17, 15) is 9.59 Å². The molecule has 2 aromatic heterocycles.